The maximum atomic E-state index is 12.3. The van der Waals surface area contributed by atoms with Crippen LogP contribution in [0, 0.1) is 11.3 Å². The molecule has 9 heteroatoms. The van der Waals surface area contributed by atoms with Crippen molar-refractivity contribution in [1.82, 2.24) is 10.2 Å². The summed E-state index contributed by atoms with van der Waals surface area (Å²) >= 11 is 4.65. The molecule has 7 nitrogen and oxygen atoms in total. The lowest BCUT2D eigenvalue weighted by atomic mass is 10.1. The average molecular weight is 423 g/mol. The fraction of sp³-hybridized carbons (Fsp3) is 0.250. The molecule has 0 aliphatic carbocycles. The Balaban J connectivity index is 2.31. The summed E-state index contributed by atoms with van der Waals surface area (Å²) in [5, 5.41) is 20.9. The first-order valence-corrected chi connectivity index (χ1v) is 8.80. The molecule has 0 aliphatic heterocycles. The van der Waals surface area contributed by atoms with E-state index >= 15 is 0 Å². The van der Waals surface area contributed by atoms with E-state index in [-0.39, 0.29) is 5.57 Å². The minimum Gasteiger partial charge on any atom is -0.496 e. The number of aryl methyl sites for hydroxylation is 1. The lowest BCUT2D eigenvalue weighted by Crippen LogP contribution is -2.13. The number of methoxy groups -OCH3 is 2. The topological polar surface area (TPSA) is 97.1 Å². The number of nitriles is 1. The van der Waals surface area contributed by atoms with Crippen molar-refractivity contribution >= 4 is 44.4 Å². The monoisotopic (exact) mass is 422 g/mol. The van der Waals surface area contributed by atoms with Crippen molar-refractivity contribution in [3.63, 3.8) is 0 Å². The third-order valence-corrected chi connectivity index (χ3v) is 4.76. The first-order valence-electron chi connectivity index (χ1n) is 7.19. The summed E-state index contributed by atoms with van der Waals surface area (Å²) in [7, 11) is 3.04. The fourth-order valence-corrected chi connectivity index (χ4v) is 3.11. The van der Waals surface area contributed by atoms with Crippen LogP contribution in [0.15, 0.2) is 22.2 Å². The molecule has 25 heavy (non-hydrogen) atoms. The predicted molar refractivity (Wildman–Crippen MR) is 98.8 cm³/mol. The van der Waals surface area contributed by atoms with E-state index in [4.69, 9.17) is 9.47 Å². The summed E-state index contributed by atoms with van der Waals surface area (Å²) in [6.45, 7) is 1.94. The number of nitrogens with zero attached hydrogens (tertiary/aromatic N) is 3. The van der Waals surface area contributed by atoms with Gasteiger partial charge in [-0.05, 0) is 34.5 Å². The van der Waals surface area contributed by atoms with Gasteiger partial charge in [0.05, 0.1) is 18.7 Å². The molecule has 1 aromatic heterocycles. The highest BCUT2D eigenvalue weighted by Gasteiger charge is 2.15. The molecule has 1 heterocycles. The second-order valence-corrected chi connectivity index (χ2v) is 6.62. The third-order valence-electron chi connectivity index (χ3n) is 3.16. The van der Waals surface area contributed by atoms with E-state index in [0.717, 1.165) is 11.4 Å². The van der Waals surface area contributed by atoms with Crippen molar-refractivity contribution < 1.29 is 14.3 Å². The van der Waals surface area contributed by atoms with Crippen LogP contribution in [0.2, 0.25) is 0 Å². The first-order chi connectivity index (χ1) is 12.0. The lowest BCUT2D eigenvalue weighted by molar-refractivity contribution is -0.112. The van der Waals surface area contributed by atoms with Crippen LogP contribution < -0.4 is 14.8 Å². The highest BCUT2D eigenvalue weighted by atomic mass is 79.9. The van der Waals surface area contributed by atoms with Crippen LogP contribution in [0.3, 0.4) is 0 Å². The van der Waals surface area contributed by atoms with Gasteiger partial charge in [0.25, 0.3) is 5.91 Å². The fourth-order valence-electron chi connectivity index (χ4n) is 1.91. The Morgan fingerprint density at radius 2 is 2.08 bits per heavy atom. The van der Waals surface area contributed by atoms with Crippen LogP contribution >= 0.6 is 27.3 Å². The number of hydrogen-bond donors (Lipinski definition) is 1. The summed E-state index contributed by atoms with van der Waals surface area (Å²) < 4.78 is 11.2. The van der Waals surface area contributed by atoms with Crippen LogP contribution in [0.5, 0.6) is 11.5 Å². The molecule has 1 N–H and O–H groups in total. The highest BCUT2D eigenvalue weighted by Crippen LogP contribution is 2.34. The molecular formula is C16H15BrN4O3S. The number of carbonyl (C=O) groups excluding carboxylic acids is 1. The largest absolute Gasteiger partial charge is 0.496 e. The molecule has 1 aromatic carbocycles. The van der Waals surface area contributed by atoms with Crippen molar-refractivity contribution in [3.05, 3.63) is 32.7 Å². The van der Waals surface area contributed by atoms with Crippen molar-refractivity contribution in [2.45, 2.75) is 13.3 Å². The van der Waals surface area contributed by atoms with Crippen LogP contribution in [0.1, 0.15) is 17.5 Å². The van der Waals surface area contributed by atoms with Gasteiger partial charge >= 0.3 is 0 Å². The van der Waals surface area contributed by atoms with E-state index in [2.05, 4.69) is 31.4 Å². The molecule has 0 aliphatic rings. The summed E-state index contributed by atoms with van der Waals surface area (Å²) in [6.07, 6.45) is 2.17. The summed E-state index contributed by atoms with van der Waals surface area (Å²) in [5.74, 6) is 0.498. The number of aromatic nitrogens is 2. The number of halogens is 1. The minimum absolute atomic E-state index is 0.0800. The molecule has 0 unspecified atom stereocenters. The van der Waals surface area contributed by atoms with Crippen LogP contribution in [-0.4, -0.2) is 30.3 Å². The summed E-state index contributed by atoms with van der Waals surface area (Å²) in [5.41, 5.74) is 0.483. The minimum atomic E-state index is -0.560. The van der Waals surface area contributed by atoms with Crippen molar-refractivity contribution in [2.75, 3.05) is 19.5 Å². The number of benzene rings is 1. The second-order valence-electron chi connectivity index (χ2n) is 4.71. The van der Waals surface area contributed by atoms with E-state index < -0.39 is 5.91 Å². The van der Waals surface area contributed by atoms with Crippen molar-refractivity contribution in [3.8, 4) is 17.6 Å². The smallest absolute Gasteiger partial charge is 0.268 e. The molecule has 0 fully saturated rings. The molecule has 0 bridgehead atoms. The third kappa shape index (κ3) is 4.55. The van der Waals surface area contributed by atoms with Gasteiger partial charge in [-0.25, -0.2) is 0 Å². The maximum Gasteiger partial charge on any atom is 0.268 e. The molecule has 0 spiro atoms. The number of rotatable bonds is 6. The number of amides is 1. The van der Waals surface area contributed by atoms with E-state index in [1.807, 2.05) is 13.0 Å². The Morgan fingerprint density at radius 1 is 1.36 bits per heavy atom. The Morgan fingerprint density at radius 3 is 2.64 bits per heavy atom. The Kier molecular flexibility index (Phi) is 6.50. The quantitative estimate of drug-likeness (QED) is 0.565. The zero-order valence-corrected chi connectivity index (χ0v) is 16.2. The number of anilines is 1. The standard InChI is InChI=1S/C16H15BrN4O3S/c1-4-14-20-21-16(25-14)19-15(22)10(8-18)5-9-6-11(17)13(24-3)7-12(9)23-2/h5-7H,4H2,1-3H3,(H,19,21,22)/b10-5+. The zero-order chi connectivity index (χ0) is 18.4. The van der Waals surface area contributed by atoms with E-state index in [9.17, 15) is 10.1 Å². The van der Waals surface area contributed by atoms with E-state index in [1.165, 1.54) is 31.6 Å². The van der Waals surface area contributed by atoms with Gasteiger partial charge in [0.2, 0.25) is 5.13 Å². The molecule has 0 radical (unpaired) electrons. The van der Waals surface area contributed by atoms with Crippen LogP contribution in [0.25, 0.3) is 6.08 Å². The normalized spacial score (nSPS) is 10.9. The Hall–Kier alpha value is -2.44. The zero-order valence-electron chi connectivity index (χ0n) is 13.8. The average Bonchev–Trinajstić information content (AvgIpc) is 3.07. The van der Waals surface area contributed by atoms with Gasteiger partial charge in [0.15, 0.2) is 0 Å². The van der Waals surface area contributed by atoms with Gasteiger partial charge in [0, 0.05) is 11.6 Å². The number of ether oxygens (including phenoxy) is 2. The molecule has 0 saturated heterocycles. The summed E-state index contributed by atoms with van der Waals surface area (Å²) in [4.78, 5) is 12.3. The van der Waals surface area contributed by atoms with Crippen molar-refractivity contribution in [2.24, 2.45) is 0 Å². The van der Waals surface area contributed by atoms with Gasteiger partial charge in [-0.2, -0.15) is 5.26 Å². The van der Waals surface area contributed by atoms with Crippen molar-refractivity contribution in [1.29, 1.82) is 5.26 Å². The van der Waals surface area contributed by atoms with Gasteiger partial charge < -0.3 is 9.47 Å². The second kappa shape index (κ2) is 8.60. The molecule has 0 atom stereocenters. The Labute approximate surface area is 157 Å². The molecule has 0 saturated carbocycles. The molecular weight excluding hydrogens is 408 g/mol. The molecule has 2 rings (SSSR count). The molecule has 130 valence electrons. The lowest BCUT2D eigenvalue weighted by Gasteiger charge is -2.10. The molecule has 2 aromatic rings. The van der Waals surface area contributed by atoms with Gasteiger partial charge in [-0.1, -0.05) is 18.3 Å². The first kappa shape index (κ1) is 18.9. The SMILES string of the molecule is CCc1nnc(NC(=O)/C(C#N)=C/c2cc(Br)c(OC)cc2OC)s1. The van der Waals surface area contributed by atoms with E-state index in [0.29, 0.717) is 26.7 Å². The van der Waals surface area contributed by atoms with Gasteiger partial charge in [0.1, 0.15) is 28.1 Å². The molecule has 1 amide bonds. The van der Waals surface area contributed by atoms with Crippen LogP contribution in [-0.2, 0) is 11.2 Å². The number of nitrogens with one attached hydrogen (secondary N) is 1. The van der Waals surface area contributed by atoms with Gasteiger partial charge in [-0.3, -0.25) is 10.1 Å². The predicted octanol–water partition coefficient (Wildman–Crippen LogP) is 3.43. The number of carbonyl (C=O) groups is 1. The Bertz CT molecular complexity index is 858. The highest BCUT2D eigenvalue weighted by molar-refractivity contribution is 9.10. The summed E-state index contributed by atoms with van der Waals surface area (Å²) in [6, 6.07) is 5.27. The van der Waals surface area contributed by atoms with Gasteiger partial charge in [-0.15, -0.1) is 10.2 Å². The van der Waals surface area contributed by atoms with E-state index in [1.54, 1.807) is 12.1 Å². The van der Waals surface area contributed by atoms with Crippen LogP contribution in [0.4, 0.5) is 5.13 Å². The number of hydrogen-bond acceptors (Lipinski definition) is 7. The maximum absolute atomic E-state index is 12.3.